The maximum Gasteiger partial charge on any atom is 0.223 e. The molecule has 1 fully saturated rings. The van der Waals surface area contributed by atoms with Gasteiger partial charge in [0.25, 0.3) is 0 Å². The first-order valence-corrected chi connectivity index (χ1v) is 6.15. The van der Waals surface area contributed by atoms with Gasteiger partial charge in [0.15, 0.2) is 0 Å². The van der Waals surface area contributed by atoms with Gasteiger partial charge in [-0.05, 0) is 18.8 Å². The summed E-state index contributed by atoms with van der Waals surface area (Å²) >= 11 is 0. The molecule has 0 aromatic rings. The van der Waals surface area contributed by atoms with E-state index in [4.69, 9.17) is 0 Å². The normalized spacial score (nSPS) is 26.8. The lowest BCUT2D eigenvalue weighted by Crippen LogP contribution is -2.44. The molecule has 0 saturated carbocycles. The van der Waals surface area contributed by atoms with Crippen molar-refractivity contribution < 1.29 is 9.90 Å². The van der Waals surface area contributed by atoms with E-state index in [1.165, 1.54) is 0 Å². The van der Waals surface area contributed by atoms with E-state index < -0.39 is 0 Å². The maximum absolute atomic E-state index is 11.5. The predicted octanol–water partition coefficient (Wildman–Crippen LogP) is 0.557. The number of piperidine rings is 1. The third-order valence-corrected chi connectivity index (χ3v) is 3.44. The number of aliphatic hydroxyl groups excluding tert-OH is 1. The second kappa shape index (κ2) is 6.21. The van der Waals surface area contributed by atoms with E-state index in [0.717, 1.165) is 32.5 Å². The predicted molar refractivity (Wildman–Crippen MR) is 64.2 cm³/mol. The van der Waals surface area contributed by atoms with Crippen LogP contribution in [0.1, 0.15) is 26.2 Å². The molecule has 1 N–H and O–H groups in total. The van der Waals surface area contributed by atoms with Gasteiger partial charge in [-0.1, -0.05) is 6.92 Å². The van der Waals surface area contributed by atoms with Gasteiger partial charge in [-0.25, -0.2) is 0 Å². The number of rotatable bonds is 4. The number of nitrogens with zero attached hydrogens (tertiary/aromatic N) is 2. The Balaban J connectivity index is 2.31. The topological polar surface area (TPSA) is 43.8 Å². The summed E-state index contributed by atoms with van der Waals surface area (Å²) in [6.45, 7) is 4.78. The fourth-order valence-electron chi connectivity index (χ4n) is 2.18. The number of carbonyl (C=O) groups excluding carboxylic acids is 1. The summed E-state index contributed by atoms with van der Waals surface area (Å²) < 4.78 is 0. The van der Waals surface area contributed by atoms with Crippen molar-refractivity contribution in [1.29, 1.82) is 0 Å². The van der Waals surface area contributed by atoms with Gasteiger partial charge in [-0.3, -0.25) is 4.79 Å². The Labute approximate surface area is 98.2 Å². The molecule has 94 valence electrons. The molecule has 0 aromatic heterocycles. The maximum atomic E-state index is 11.5. The summed E-state index contributed by atoms with van der Waals surface area (Å²) in [5.41, 5.74) is 0. The molecule has 4 nitrogen and oxygen atoms in total. The number of aliphatic hydroxyl groups is 1. The lowest BCUT2D eigenvalue weighted by atomic mass is 9.92. The van der Waals surface area contributed by atoms with Gasteiger partial charge in [-0.15, -0.1) is 0 Å². The van der Waals surface area contributed by atoms with Crippen molar-refractivity contribution in [3.63, 3.8) is 0 Å². The smallest absolute Gasteiger partial charge is 0.223 e. The molecule has 16 heavy (non-hydrogen) atoms. The van der Waals surface area contributed by atoms with Gasteiger partial charge in [-0.2, -0.15) is 0 Å². The van der Waals surface area contributed by atoms with E-state index in [1.54, 1.807) is 19.0 Å². The Morgan fingerprint density at radius 1 is 1.50 bits per heavy atom. The SMILES string of the molecule is CCC1CN(CCC(=O)N(C)C)CCC1O. The molecular weight excluding hydrogens is 204 g/mol. The summed E-state index contributed by atoms with van der Waals surface area (Å²) in [4.78, 5) is 15.4. The van der Waals surface area contributed by atoms with Crippen LogP contribution in [0.4, 0.5) is 0 Å². The quantitative estimate of drug-likeness (QED) is 0.764. The van der Waals surface area contributed by atoms with Crippen molar-refractivity contribution in [2.75, 3.05) is 33.7 Å². The van der Waals surface area contributed by atoms with Gasteiger partial charge >= 0.3 is 0 Å². The fourth-order valence-corrected chi connectivity index (χ4v) is 2.18. The summed E-state index contributed by atoms with van der Waals surface area (Å²) in [5.74, 6) is 0.558. The van der Waals surface area contributed by atoms with E-state index in [-0.39, 0.29) is 12.0 Å². The third-order valence-electron chi connectivity index (χ3n) is 3.44. The molecule has 0 aromatic carbocycles. The van der Waals surface area contributed by atoms with Crippen molar-refractivity contribution in [1.82, 2.24) is 9.80 Å². The van der Waals surface area contributed by atoms with Gasteiger partial charge < -0.3 is 14.9 Å². The zero-order valence-corrected chi connectivity index (χ0v) is 10.6. The number of hydrogen-bond acceptors (Lipinski definition) is 3. The fraction of sp³-hybridized carbons (Fsp3) is 0.917. The molecule has 0 spiro atoms. The van der Waals surface area contributed by atoms with Crippen molar-refractivity contribution in [2.24, 2.45) is 5.92 Å². The minimum Gasteiger partial charge on any atom is -0.393 e. The molecular formula is C12H24N2O2. The van der Waals surface area contributed by atoms with Crippen LogP contribution >= 0.6 is 0 Å². The highest BCUT2D eigenvalue weighted by atomic mass is 16.3. The minimum absolute atomic E-state index is 0.147. The van der Waals surface area contributed by atoms with Crippen molar-refractivity contribution >= 4 is 5.91 Å². The number of amides is 1. The molecule has 2 unspecified atom stereocenters. The molecule has 1 saturated heterocycles. The second-order valence-electron chi connectivity index (χ2n) is 4.86. The van der Waals surface area contributed by atoms with E-state index in [0.29, 0.717) is 12.3 Å². The zero-order valence-electron chi connectivity index (χ0n) is 10.6. The molecule has 1 rings (SSSR count). The summed E-state index contributed by atoms with van der Waals surface area (Å²) in [5, 5.41) is 9.75. The first-order chi connectivity index (χ1) is 7.54. The highest BCUT2D eigenvalue weighted by Gasteiger charge is 2.26. The van der Waals surface area contributed by atoms with Gasteiger partial charge in [0.1, 0.15) is 0 Å². The van der Waals surface area contributed by atoms with Crippen LogP contribution in [0.15, 0.2) is 0 Å². The van der Waals surface area contributed by atoms with Gasteiger partial charge in [0.05, 0.1) is 6.10 Å². The highest BCUT2D eigenvalue weighted by Crippen LogP contribution is 2.19. The lowest BCUT2D eigenvalue weighted by molar-refractivity contribution is -0.129. The molecule has 1 heterocycles. The van der Waals surface area contributed by atoms with Crippen molar-refractivity contribution in [2.45, 2.75) is 32.3 Å². The summed E-state index contributed by atoms with van der Waals surface area (Å²) in [6, 6.07) is 0. The number of likely N-dealkylation sites (tertiary alicyclic amines) is 1. The van der Waals surface area contributed by atoms with E-state index in [1.807, 2.05) is 0 Å². The van der Waals surface area contributed by atoms with E-state index in [9.17, 15) is 9.90 Å². The molecule has 0 aliphatic carbocycles. The van der Waals surface area contributed by atoms with Crippen LogP contribution in [-0.2, 0) is 4.79 Å². The highest BCUT2D eigenvalue weighted by molar-refractivity contribution is 5.75. The molecule has 1 amide bonds. The lowest BCUT2D eigenvalue weighted by Gasteiger charge is -2.35. The second-order valence-corrected chi connectivity index (χ2v) is 4.86. The van der Waals surface area contributed by atoms with E-state index >= 15 is 0 Å². The minimum atomic E-state index is -0.147. The van der Waals surface area contributed by atoms with Crippen LogP contribution < -0.4 is 0 Å². The molecule has 4 heteroatoms. The molecule has 2 atom stereocenters. The number of hydrogen-bond donors (Lipinski definition) is 1. The zero-order chi connectivity index (χ0) is 12.1. The van der Waals surface area contributed by atoms with Crippen molar-refractivity contribution in [3.8, 4) is 0 Å². The van der Waals surface area contributed by atoms with Crippen LogP contribution in [0.3, 0.4) is 0 Å². The molecule has 1 aliphatic heterocycles. The molecule has 0 bridgehead atoms. The third kappa shape index (κ3) is 3.76. The Morgan fingerprint density at radius 2 is 2.19 bits per heavy atom. The van der Waals surface area contributed by atoms with Crippen LogP contribution in [0.5, 0.6) is 0 Å². The largest absolute Gasteiger partial charge is 0.393 e. The Morgan fingerprint density at radius 3 is 2.75 bits per heavy atom. The molecule has 0 radical (unpaired) electrons. The van der Waals surface area contributed by atoms with Crippen LogP contribution in [0.2, 0.25) is 0 Å². The van der Waals surface area contributed by atoms with Crippen LogP contribution in [0, 0.1) is 5.92 Å². The van der Waals surface area contributed by atoms with Gasteiger partial charge in [0.2, 0.25) is 5.91 Å². The summed E-state index contributed by atoms with van der Waals surface area (Å²) in [7, 11) is 3.58. The van der Waals surface area contributed by atoms with Crippen LogP contribution in [0.25, 0.3) is 0 Å². The van der Waals surface area contributed by atoms with Gasteiger partial charge in [0, 0.05) is 40.2 Å². The Hall–Kier alpha value is -0.610. The van der Waals surface area contributed by atoms with E-state index in [2.05, 4.69) is 11.8 Å². The average Bonchev–Trinajstić information content (AvgIpc) is 2.27. The first kappa shape index (κ1) is 13.5. The average molecular weight is 228 g/mol. The summed E-state index contributed by atoms with van der Waals surface area (Å²) in [6.07, 6.45) is 2.29. The first-order valence-electron chi connectivity index (χ1n) is 6.15. The van der Waals surface area contributed by atoms with Crippen LogP contribution in [-0.4, -0.2) is 60.6 Å². The Bertz CT molecular complexity index is 231. The van der Waals surface area contributed by atoms with Crippen molar-refractivity contribution in [3.05, 3.63) is 0 Å². The monoisotopic (exact) mass is 228 g/mol. The molecule has 1 aliphatic rings. The Kier molecular flexibility index (Phi) is 5.22. The number of carbonyl (C=O) groups is 1. The standard InChI is InChI=1S/C12H24N2O2/c1-4-10-9-14(7-5-11(10)15)8-6-12(16)13(2)3/h10-11,15H,4-9H2,1-3H3.